The first-order chi connectivity index (χ1) is 9.65. The number of nitrogens with zero attached hydrogens (tertiary/aromatic N) is 1. The van der Waals surface area contributed by atoms with E-state index in [-0.39, 0.29) is 5.91 Å². The Morgan fingerprint density at radius 3 is 2.50 bits per heavy atom. The van der Waals surface area contributed by atoms with Crippen LogP contribution in [0.4, 0.5) is 5.82 Å². The van der Waals surface area contributed by atoms with Crippen LogP contribution >= 0.6 is 0 Å². The Balaban J connectivity index is 1.97. The molecule has 0 fully saturated rings. The fraction of sp³-hybridized carbons (Fsp3) is 0.176. The van der Waals surface area contributed by atoms with Crippen LogP contribution in [0.1, 0.15) is 30.9 Å². The highest BCUT2D eigenvalue weighted by molar-refractivity contribution is 6.01. The van der Waals surface area contributed by atoms with Crippen LogP contribution in [-0.2, 0) is 4.79 Å². The topological polar surface area (TPSA) is 42.0 Å². The van der Waals surface area contributed by atoms with Crippen molar-refractivity contribution in [2.24, 2.45) is 0 Å². The van der Waals surface area contributed by atoms with Gasteiger partial charge in [0.2, 0.25) is 5.91 Å². The third-order valence-electron chi connectivity index (χ3n) is 2.95. The van der Waals surface area contributed by atoms with Gasteiger partial charge in [-0.3, -0.25) is 4.79 Å². The molecule has 0 spiro atoms. The molecule has 0 saturated carbocycles. The fourth-order valence-electron chi connectivity index (χ4n) is 1.77. The Labute approximate surface area is 119 Å². The maximum Gasteiger partial charge on any atom is 0.249 e. The molecule has 0 atom stereocenters. The van der Waals surface area contributed by atoms with Crippen molar-refractivity contribution in [2.45, 2.75) is 19.8 Å². The Morgan fingerprint density at radius 2 is 1.90 bits per heavy atom. The van der Waals surface area contributed by atoms with Gasteiger partial charge in [0.1, 0.15) is 5.82 Å². The second-order valence-corrected chi connectivity index (χ2v) is 4.86. The van der Waals surface area contributed by atoms with Crippen LogP contribution in [0.15, 0.2) is 54.7 Å². The minimum atomic E-state index is -0.184. The summed E-state index contributed by atoms with van der Waals surface area (Å²) in [5.41, 5.74) is 2.30. The fourth-order valence-corrected chi connectivity index (χ4v) is 1.77. The molecule has 0 bridgehead atoms. The zero-order valence-electron chi connectivity index (χ0n) is 11.7. The molecule has 102 valence electrons. The Hall–Kier alpha value is -2.42. The van der Waals surface area contributed by atoms with Crippen LogP contribution in [0.25, 0.3) is 6.08 Å². The number of hydrogen-bond donors (Lipinski definition) is 1. The Bertz CT molecular complexity index is 586. The lowest BCUT2D eigenvalue weighted by Gasteiger charge is -2.04. The maximum absolute atomic E-state index is 11.7. The molecule has 1 aromatic carbocycles. The molecule has 1 heterocycles. The molecule has 1 N–H and O–H groups in total. The molecule has 0 aliphatic carbocycles. The summed E-state index contributed by atoms with van der Waals surface area (Å²) in [6.07, 6.45) is 4.95. The molecule has 0 aliphatic rings. The summed E-state index contributed by atoms with van der Waals surface area (Å²) >= 11 is 0. The van der Waals surface area contributed by atoms with Crippen LogP contribution in [0, 0.1) is 0 Å². The van der Waals surface area contributed by atoms with E-state index >= 15 is 0 Å². The highest BCUT2D eigenvalue weighted by atomic mass is 16.1. The average Bonchev–Trinajstić information content (AvgIpc) is 2.46. The zero-order chi connectivity index (χ0) is 14.4. The van der Waals surface area contributed by atoms with Crippen molar-refractivity contribution in [3.8, 4) is 0 Å². The van der Waals surface area contributed by atoms with Gasteiger partial charge in [0.15, 0.2) is 0 Å². The van der Waals surface area contributed by atoms with Crippen molar-refractivity contribution in [3.05, 3.63) is 65.9 Å². The normalized spacial score (nSPS) is 10.9. The predicted octanol–water partition coefficient (Wildman–Crippen LogP) is 3.86. The third-order valence-corrected chi connectivity index (χ3v) is 2.95. The van der Waals surface area contributed by atoms with E-state index in [1.165, 1.54) is 11.6 Å². The lowest BCUT2D eigenvalue weighted by atomic mass is 10.0. The van der Waals surface area contributed by atoms with Gasteiger partial charge >= 0.3 is 0 Å². The van der Waals surface area contributed by atoms with E-state index in [9.17, 15) is 4.79 Å². The lowest BCUT2D eigenvalue weighted by Crippen LogP contribution is -2.08. The first kappa shape index (κ1) is 14.0. The highest BCUT2D eigenvalue weighted by Gasteiger charge is 1.99. The van der Waals surface area contributed by atoms with Crippen LogP contribution in [-0.4, -0.2) is 10.9 Å². The van der Waals surface area contributed by atoms with Crippen molar-refractivity contribution in [2.75, 3.05) is 5.32 Å². The van der Waals surface area contributed by atoms with Gasteiger partial charge in [-0.15, -0.1) is 0 Å². The van der Waals surface area contributed by atoms with Crippen molar-refractivity contribution in [1.82, 2.24) is 4.98 Å². The van der Waals surface area contributed by atoms with Crippen LogP contribution in [0.3, 0.4) is 0 Å². The molecule has 0 radical (unpaired) electrons. The standard InChI is InChI=1S/C17H18N2O/c1-13(2)15-9-6-14(7-10-15)8-11-17(20)19-16-5-3-4-12-18-16/h3-13H,1-2H3,(H,18,19,20)/b11-8-. The maximum atomic E-state index is 11.7. The number of carbonyl (C=O) groups excluding carboxylic acids is 1. The third kappa shape index (κ3) is 4.05. The Morgan fingerprint density at radius 1 is 1.15 bits per heavy atom. The Kier molecular flexibility index (Phi) is 4.66. The van der Waals surface area contributed by atoms with Gasteiger partial charge in [-0.2, -0.15) is 0 Å². The van der Waals surface area contributed by atoms with Crippen molar-refractivity contribution >= 4 is 17.8 Å². The summed E-state index contributed by atoms with van der Waals surface area (Å²) in [5.74, 6) is 0.884. The van der Waals surface area contributed by atoms with E-state index in [0.717, 1.165) is 5.56 Å². The number of benzene rings is 1. The van der Waals surface area contributed by atoms with Crippen LogP contribution < -0.4 is 5.32 Å². The summed E-state index contributed by atoms with van der Waals surface area (Å²) in [5, 5.41) is 2.70. The summed E-state index contributed by atoms with van der Waals surface area (Å²) in [4.78, 5) is 15.8. The largest absolute Gasteiger partial charge is 0.307 e. The quantitative estimate of drug-likeness (QED) is 0.854. The van der Waals surface area contributed by atoms with E-state index in [4.69, 9.17) is 0 Å². The number of carbonyl (C=O) groups is 1. The number of amides is 1. The number of aromatic nitrogens is 1. The molecule has 0 saturated heterocycles. The number of pyridine rings is 1. The average molecular weight is 266 g/mol. The van der Waals surface area contributed by atoms with Crippen LogP contribution in [0.2, 0.25) is 0 Å². The molecule has 0 unspecified atom stereocenters. The second kappa shape index (κ2) is 6.66. The summed E-state index contributed by atoms with van der Waals surface area (Å²) < 4.78 is 0. The first-order valence-electron chi connectivity index (χ1n) is 6.65. The second-order valence-electron chi connectivity index (χ2n) is 4.86. The van der Waals surface area contributed by atoms with E-state index < -0.39 is 0 Å². The van der Waals surface area contributed by atoms with Gasteiger partial charge in [0.05, 0.1) is 0 Å². The number of hydrogen-bond acceptors (Lipinski definition) is 2. The summed E-state index contributed by atoms with van der Waals surface area (Å²) in [7, 11) is 0. The van der Waals surface area contributed by atoms with Crippen LogP contribution in [0.5, 0.6) is 0 Å². The first-order valence-corrected chi connectivity index (χ1v) is 6.65. The van der Waals surface area contributed by atoms with E-state index in [1.54, 1.807) is 18.3 Å². The summed E-state index contributed by atoms with van der Waals surface area (Å²) in [6.45, 7) is 4.32. The minimum absolute atomic E-state index is 0.184. The molecule has 1 aromatic heterocycles. The van der Waals surface area contributed by atoms with Gasteiger partial charge in [-0.1, -0.05) is 44.2 Å². The summed E-state index contributed by atoms with van der Waals surface area (Å²) in [6, 6.07) is 13.6. The van der Waals surface area contributed by atoms with Gasteiger partial charge < -0.3 is 5.32 Å². The molecule has 3 heteroatoms. The molecule has 0 aliphatic heterocycles. The van der Waals surface area contributed by atoms with E-state index in [0.29, 0.717) is 11.7 Å². The number of nitrogens with one attached hydrogen (secondary N) is 1. The molecule has 20 heavy (non-hydrogen) atoms. The SMILES string of the molecule is CC(C)c1ccc(/C=C\C(=O)Nc2ccccn2)cc1. The predicted molar refractivity (Wildman–Crippen MR) is 82.4 cm³/mol. The van der Waals surface area contributed by atoms with Gasteiger partial charge in [-0.25, -0.2) is 4.98 Å². The van der Waals surface area contributed by atoms with Crippen molar-refractivity contribution in [1.29, 1.82) is 0 Å². The molecule has 2 rings (SSSR count). The van der Waals surface area contributed by atoms with Gasteiger partial charge in [0, 0.05) is 12.3 Å². The van der Waals surface area contributed by atoms with E-state index in [1.807, 2.05) is 24.3 Å². The van der Waals surface area contributed by atoms with Crippen molar-refractivity contribution in [3.63, 3.8) is 0 Å². The van der Waals surface area contributed by atoms with E-state index in [2.05, 4.69) is 36.3 Å². The molecule has 3 nitrogen and oxygen atoms in total. The molecule has 2 aromatic rings. The van der Waals surface area contributed by atoms with Crippen molar-refractivity contribution < 1.29 is 4.79 Å². The zero-order valence-corrected chi connectivity index (χ0v) is 11.7. The molecule has 1 amide bonds. The molecular formula is C17H18N2O. The van der Waals surface area contributed by atoms with Gasteiger partial charge in [0.25, 0.3) is 0 Å². The minimum Gasteiger partial charge on any atom is -0.307 e. The number of rotatable bonds is 4. The number of anilines is 1. The van der Waals surface area contributed by atoms with Gasteiger partial charge in [-0.05, 0) is 35.3 Å². The highest BCUT2D eigenvalue weighted by Crippen LogP contribution is 2.15. The lowest BCUT2D eigenvalue weighted by molar-refractivity contribution is -0.111. The molecular weight excluding hydrogens is 248 g/mol. The monoisotopic (exact) mass is 266 g/mol. The smallest absolute Gasteiger partial charge is 0.249 e.